The maximum atomic E-state index is 12.3. The third-order valence-corrected chi connectivity index (χ3v) is 11.2. The molecule has 6 rings (SSSR count). The Bertz CT molecular complexity index is 2300. The molecule has 3 heterocycles. The van der Waals surface area contributed by atoms with Crippen molar-refractivity contribution in [3.05, 3.63) is 90.0 Å². The average Bonchev–Trinajstić information content (AvgIpc) is 3.44. The fraction of sp³-hybridized carbons (Fsp3) is 0.447. The zero-order valence-corrected chi connectivity index (χ0v) is 38.5. The summed E-state index contributed by atoms with van der Waals surface area (Å²) < 4.78 is 2.30. The van der Waals surface area contributed by atoms with Gasteiger partial charge in [-0.1, -0.05) is 117 Å². The Morgan fingerprint density at radius 2 is 1.41 bits per heavy atom. The van der Waals surface area contributed by atoms with Crippen LogP contribution in [0.4, 0.5) is 0 Å². The SMILES string of the molecule is CC(C)C(C(=O)/C=C(\O)C(C(C)C)C(C)C)C(C)C.Cc1nc(C)nc(-c2cc(-c3ncnc4c3sc3cc(CC(C)(C)C)ccc34)[c-]c3ccccc23)n1.[Ir]. The van der Waals surface area contributed by atoms with Crippen molar-refractivity contribution < 1.29 is 30.0 Å². The first-order valence-corrected chi connectivity index (χ1v) is 20.4. The van der Waals surface area contributed by atoms with Gasteiger partial charge in [-0.2, -0.15) is 0 Å². The summed E-state index contributed by atoms with van der Waals surface area (Å²) in [6, 6.07) is 20.7. The summed E-state index contributed by atoms with van der Waals surface area (Å²) in [5.74, 6) is 3.70. The summed E-state index contributed by atoms with van der Waals surface area (Å²) in [6.45, 7) is 27.2. The predicted octanol–water partition coefficient (Wildman–Crippen LogP) is 12.4. The van der Waals surface area contributed by atoms with E-state index < -0.39 is 0 Å². The second-order valence-corrected chi connectivity index (χ2v) is 18.5. The van der Waals surface area contributed by atoms with Crippen molar-refractivity contribution in [3.63, 3.8) is 0 Å². The molecule has 6 aromatic rings. The molecule has 0 aliphatic carbocycles. The van der Waals surface area contributed by atoms with Crippen LogP contribution in [0.15, 0.2) is 66.7 Å². The van der Waals surface area contributed by atoms with Crippen molar-refractivity contribution in [3.8, 4) is 22.6 Å². The zero-order chi connectivity index (χ0) is 40.4. The number of carbonyl (C=O) groups excluding carboxylic acids is 1. The van der Waals surface area contributed by atoms with Gasteiger partial charge in [0.05, 0.1) is 11.3 Å². The Balaban J connectivity index is 0.000000299. The Kier molecular flexibility index (Phi) is 14.9. The number of hydrogen-bond donors (Lipinski definition) is 1. The number of benzene rings is 3. The van der Waals surface area contributed by atoms with E-state index in [1.54, 1.807) is 17.7 Å². The van der Waals surface area contributed by atoms with Gasteiger partial charge in [0, 0.05) is 58.5 Å². The number of aromatic nitrogens is 5. The van der Waals surface area contributed by atoms with Crippen LogP contribution in [-0.2, 0) is 31.3 Å². The van der Waals surface area contributed by atoms with Gasteiger partial charge in [0.15, 0.2) is 5.78 Å². The van der Waals surface area contributed by atoms with E-state index in [2.05, 4.69) is 139 Å². The van der Waals surface area contributed by atoms with Crippen LogP contribution in [-0.4, -0.2) is 35.8 Å². The molecule has 0 unspecified atom stereocenters. The van der Waals surface area contributed by atoms with E-state index >= 15 is 0 Å². The smallest absolute Gasteiger partial charge is 0.162 e. The zero-order valence-electron chi connectivity index (χ0n) is 35.3. The van der Waals surface area contributed by atoms with E-state index in [1.165, 1.54) is 21.7 Å². The van der Waals surface area contributed by atoms with Crippen molar-refractivity contribution in [2.24, 2.45) is 40.9 Å². The number of aryl methyl sites for hydroxylation is 2. The molecule has 0 fully saturated rings. The van der Waals surface area contributed by atoms with E-state index in [1.807, 2.05) is 26.0 Å². The van der Waals surface area contributed by atoms with Gasteiger partial charge >= 0.3 is 0 Å². The first-order chi connectivity index (χ1) is 25.8. The molecule has 0 atom stereocenters. The second-order valence-electron chi connectivity index (χ2n) is 17.5. The Morgan fingerprint density at radius 1 is 0.804 bits per heavy atom. The minimum atomic E-state index is -0.0119. The first-order valence-electron chi connectivity index (χ1n) is 19.6. The number of rotatable bonds is 10. The van der Waals surface area contributed by atoms with Crippen LogP contribution in [0.25, 0.3) is 53.7 Å². The van der Waals surface area contributed by atoms with Gasteiger partial charge in [-0.15, -0.1) is 34.9 Å². The van der Waals surface area contributed by atoms with Gasteiger partial charge in [-0.3, -0.25) is 9.78 Å². The normalized spacial score (nSPS) is 12.4. The second kappa shape index (κ2) is 18.6. The van der Waals surface area contributed by atoms with Crippen LogP contribution in [0.3, 0.4) is 0 Å². The molecule has 0 aliphatic rings. The molecule has 299 valence electrons. The quantitative estimate of drug-likeness (QED) is 0.0829. The van der Waals surface area contributed by atoms with Crippen molar-refractivity contribution >= 4 is 48.2 Å². The Hall–Kier alpha value is -3.91. The molecule has 9 heteroatoms. The van der Waals surface area contributed by atoms with E-state index in [0.29, 0.717) is 41.1 Å². The number of ketones is 1. The summed E-state index contributed by atoms with van der Waals surface area (Å²) in [5, 5.41) is 13.5. The topological polar surface area (TPSA) is 102 Å². The van der Waals surface area contributed by atoms with Crippen LogP contribution in [0.5, 0.6) is 0 Å². The van der Waals surface area contributed by atoms with E-state index in [0.717, 1.165) is 44.2 Å². The molecule has 1 radical (unpaired) electrons. The van der Waals surface area contributed by atoms with Crippen LogP contribution < -0.4 is 0 Å². The molecule has 0 aliphatic heterocycles. The van der Waals surface area contributed by atoms with Gasteiger partial charge in [0.2, 0.25) is 0 Å². The molecule has 0 amide bonds. The third-order valence-electron chi connectivity index (χ3n) is 10.0. The molecular formula is C47H58IrN5O2S-. The van der Waals surface area contributed by atoms with Crippen LogP contribution in [0.2, 0.25) is 0 Å². The van der Waals surface area contributed by atoms with Crippen molar-refractivity contribution in [1.29, 1.82) is 0 Å². The molecule has 0 bridgehead atoms. The number of fused-ring (bicyclic) bond motifs is 4. The number of allylic oxidation sites excluding steroid dienone is 2. The van der Waals surface area contributed by atoms with Crippen molar-refractivity contribution in [2.75, 3.05) is 0 Å². The summed E-state index contributed by atoms with van der Waals surface area (Å²) in [4.78, 5) is 35.5. The summed E-state index contributed by atoms with van der Waals surface area (Å²) in [5.41, 5.74) is 5.31. The minimum Gasteiger partial charge on any atom is -0.512 e. The first kappa shape index (κ1) is 44.8. The van der Waals surface area contributed by atoms with Crippen LogP contribution in [0.1, 0.15) is 93.4 Å². The molecular weight excluding hydrogens is 891 g/mol. The molecule has 0 saturated heterocycles. The minimum absolute atomic E-state index is 0. The standard InChI is InChI=1S/C30H26N5S.C17H32O2.Ir/c1-17-33-18(2)35-29(34-17)24-14-21(13-20-8-6-7-9-22(20)24)26-28-27(32-16-31-26)23-11-10-19(12-25(23)36-28)15-30(3,4)5;1-10(2)16(11(3)4)14(18)9-15(19)17(12(5)6)13(7)8;/h6-12,14,16H,15H2,1-5H3;9-13,16-18H,1-8H3;/q-1;;/b;14-9-;. The maximum absolute atomic E-state index is 12.3. The molecule has 3 aromatic heterocycles. The molecule has 7 nitrogen and oxygen atoms in total. The number of aliphatic hydroxyl groups is 1. The van der Waals surface area contributed by atoms with E-state index in [-0.39, 0.29) is 48.9 Å². The summed E-state index contributed by atoms with van der Waals surface area (Å²) >= 11 is 1.75. The molecule has 1 N–H and O–H groups in total. The van der Waals surface area contributed by atoms with E-state index in [4.69, 9.17) is 4.98 Å². The third kappa shape index (κ3) is 10.5. The number of thiophene rings is 1. The van der Waals surface area contributed by atoms with E-state index in [9.17, 15) is 9.90 Å². The van der Waals surface area contributed by atoms with Gasteiger partial charge in [0.25, 0.3) is 0 Å². The fourth-order valence-corrected chi connectivity index (χ4v) is 9.25. The molecule has 3 aromatic carbocycles. The van der Waals surface area contributed by atoms with Crippen molar-refractivity contribution in [1.82, 2.24) is 24.9 Å². The van der Waals surface area contributed by atoms with Crippen LogP contribution in [0, 0.1) is 60.8 Å². The monoisotopic (exact) mass is 949 g/mol. The average molecular weight is 949 g/mol. The molecule has 56 heavy (non-hydrogen) atoms. The fourth-order valence-electron chi connectivity index (χ4n) is 8.03. The maximum Gasteiger partial charge on any atom is 0.162 e. The number of nitrogens with zero attached hydrogens (tertiary/aromatic N) is 5. The van der Waals surface area contributed by atoms with Gasteiger partial charge < -0.3 is 5.11 Å². The Labute approximate surface area is 351 Å². The predicted molar refractivity (Wildman–Crippen MR) is 230 cm³/mol. The number of aliphatic hydroxyl groups excluding tert-OH is 1. The number of hydrogen-bond acceptors (Lipinski definition) is 8. The van der Waals surface area contributed by atoms with Gasteiger partial charge in [-0.05, 0) is 66.5 Å². The molecule has 0 saturated carbocycles. The molecule has 0 spiro atoms. The van der Waals surface area contributed by atoms with Gasteiger partial charge in [-0.25, -0.2) is 19.9 Å². The Morgan fingerprint density at radius 3 is 2.00 bits per heavy atom. The number of carbonyl (C=O) groups is 1. The summed E-state index contributed by atoms with van der Waals surface area (Å²) in [7, 11) is 0. The largest absolute Gasteiger partial charge is 0.512 e. The van der Waals surface area contributed by atoms with Crippen LogP contribution >= 0.6 is 11.3 Å². The summed E-state index contributed by atoms with van der Waals surface area (Å²) in [6.07, 6.45) is 4.17. The van der Waals surface area contributed by atoms with Crippen molar-refractivity contribution in [2.45, 2.75) is 96.4 Å². The van der Waals surface area contributed by atoms with Gasteiger partial charge in [0.1, 0.15) is 23.8 Å².